The van der Waals surface area contributed by atoms with Gasteiger partial charge in [0.05, 0.1) is 7.11 Å². The zero-order chi connectivity index (χ0) is 19.9. The van der Waals surface area contributed by atoms with Crippen molar-refractivity contribution < 1.29 is 14.3 Å². The molecular formula is C21H18Cl2N2O3. The van der Waals surface area contributed by atoms with Crippen molar-refractivity contribution in [2.75, 3.05) is 12.4 Å². The molecule has 28 heavy (non-hydrogen) atoms. The SMILES string of the molecule is COc1ccc(Oc2cccc(Cl)c2CNC(=O)Nc2ccc(Cl)cc2)cc1. The number of nitrogens with one attached hydrogen (secondary N) is 2. The second kappa shape index (κ2) is 9.35. The molecule has 0 aliphatic carbocycles. The van der Waals surface area contributed by atoms with Crippen LogP contribution in [0.3, 0.4) is 0 Å². The van der Waals surface area contributed by atoms with Crippen LogP contribution in [0.2, 0.25) is 10.0 Å². The van der Waals surface area contributed by atoms with Gasteiger partial charge in [-0.3, -0.25) is 0 Å². The molecule has 7 heteroatoms. The molecular weight excluding hydrogens is 399 g/mol. The molecule has 0 aliphatic heterocycles. The molecule has 0 unspecified atom stereocenters. The van der Waals surface area contributed by atoms with Crippen molar-refractivity contribution in [1.29, 1.82) is 0 Å². The fourth-order valence-electron chi connectivity index (χ4n) is 2.45. The summed E-state index contributed by atoms with van der Waals surface area (Å²) in [6.45, 7) is 0.199. The van der Waals surface area contributed by atoms with Gasteiger partial charge in [0.1, 0.15) is 17.2 Å². The van der Waals surface area contributed by atoms with Gasteiger partial charge in [-0.2, -0.15) is 0 Å². The molecule has 0 heterocycles. The van der Waals surface area contributed by atoms with Crippen molar-refractivity contribution in [2.45, 2.75) is 6.54 Å². The third-order valence-electron chi connectivity index (χ3n) is 3.89. The molecule has 5 nitrogen and oxygen atoms in total. The molecule has 3 rings (SSSR count). The normalized spacial score (nSPS) is 10.2. The quantitative estimate of drug-likeness (QED) is 0.508. The van der Waals surface area contributed by atoms with Gasteiger partial charge in [-0.15, -0.1) is 0 Å². The number of ether oxygens (including phenoxy) is 2. The summed E-state index contributed by atoms with van der Waals surface area (Å²) in [6.07, 6.45) is 0. The molecule has 2 amide bonds. The molecule has 3 aromatic rings. The minimum atomic E-state index is -0.363. The summed E-state index contributed by atoms with van der Waals surface area (Å²) in [6, 6.07) is 19.0. The van der Waals surface area contributed by atoms with Crippen molar-refractivity contribution in [3.63, 3.8) is 0 Å². The van der Waals surface area contributed by atoms with E-state index in [-0.39, 0.29) is 12.6 Å². The first-order chi connectivity index (χ1) is 13.5. The summed E-state index contributed by atoms with van der Waals surface area (Å²) in [5.41, 5.74) is 1.31. The predicted molar refractivity (Wildman–Crippen MR) is 112 cm³/mol. The molecule has 3 aromatic carbocycles. The van der Waals surface area contributed by atoms with Gasteiger partial charge in [0.2, 0.25) is 0 Å². The second-order valence-corrected chi connectivity index (χ2v) is 6.65. The van der Waals surface area contributed by atoms with E-state index >= 15 is 0 Å². The standard InChI is InChI=1S/C21H18Cl2N2O3/c1-27-16-9-11-17(12-10-16)28-20-4-2-3-19(23)18(20)13-24-21(26)25-15-7-5-14(22)6-8-15/h2-12H,13H2,1H3,(H2,24,25,26). The highest BCUT2D eigenvalue weighted by Gasteiger charge is 2.11. The zero-order valence-electron chi connectivity index (χ0n) is 15.0. The maximum absolute atomic E-state index is 12.2. The largest absolute Gasteiger partial charge is 0.497 e. The third-order valence-corrected chi connectivity index (χ3v) is 4.50. The predicted octanol–water partition coefficient (Wildman–Crippen LogP) is 6.12. The molecule has 0 bridgehead atoms. The molecule has 0 aliphatic rings. The molecule has 0 fully saturated rings. The summed E-state index contributed by atoms with van der Waals surface area (Å²) < 4.78 is 11.1. The molecule has 0 radical (unpaired) electrons. The number of amides is 2. The number of carbonyl (C=O) groups is 1. The second-order valence-electron chi connectivity index (χ2n) is 5.81. The number of carbonyl (C=O) groups excluding carboxylic acids is 1. The molecule has 144 valence electrons. The van der Waals surface area contributed by atoms with Crippen LogP contribution in [0.5, 0.6) is 17.2 Å². The topological polar surface area (TPSA) is 59.6 Å². The summed E-state index contributed by atoms with van der Waals surface area (Å²) in [7, 11) is 1.60. The number of halogens is 2. The van der Waals surface area contributed by atoms with E-state index in [1.807, 2.05) is 0 Å². The first-order valence-corrected chi connectivity index (χ1v) is 9.20. The van der Waals surface area contributed by atoms with Crippen molar-refractivity contribution in [3.05, 3.63) is 82.3 Å². The Bertz CT molecular complexity index is 945. The van der Waals surface area contributed by atoms with Gasteiger partial charge in [-0.1, -0.05) is 29.3 Å². The first-order valence-electron chi connectivity index (χ1n) is 8.45. The average Bonchev–Trinajstić information content (AvgIpc) is 2.70. The maximum atomic E-state index is 12.2. The van der Waals surface area contributed by atoms with Gasteiger partial charge in [0.15, 0.2) is 0 Å². The Labute approximate surface area is 173 Å². The van der Waals surface area contributed by atoms with Gasteiger partial charge in [0, 0.05) is 27.8 Å². The van der Waals surface area contributed by atoms with Crippen LogP contribution in [-0.4, -0.2) is 13.1 Å². The van der Waals surface area contributed by atoms with Gasteiger partial charge in [0.25, 0.3) is 0 Å². The smallest absolute Gasteiger partial charge is 0.319 e. The van der Waals surface area contributed by atoms with E-state index in [9.17, 15) is 4.79 Å². The highest BCUT2D eigenvalue weighted by atomic mass is 35.5. The molecule has 0 saturated heterocycles. The van der Waals surface area contributed by atoms with Crippen LogP contribution in [0, 0.1) is 0 Å². The lowest BCUT2D eigenvalue weighted by Crippen LogP contribution is -2.28. The number of urea groups is 1. The number of rotatable bonds is 6. The minimum absolute atomic E-state index is 0.199. The highest BCUT2D eigenvalue weighted by molar-refractivity contribution is 6.31. The van der Waals surface area contributed by atoms with Crippen molar-refractivity contribution >= 4 is 34.9 Å². The monoisotopic (exact) mass is 416 g/mol. The van der Waals surface area contributed by atoms with Gasteiger partial charge >= 0.3 is 6.03 Å². The Kier molecular flexibility index (Phi) is 6.63. The van der Waals surface area contributed by atoms with Gasteiger partial charge in [-0.25, -0.2) is 4.79 Å². The van der Waals surface area contributed by atoms with E-state index in [1.165, 1.54) is 0 Å². The Morgan fingerprint density at radius 1 is 0.929 bits per heavy atom. The number of anilines is 1. The van der Waals surface area contributed by atoms with Crippen LogP contribution < -0.4 is 20.1 Å². The van der Waals surface area contributed by atoms with E-state index in [0.29, 0.717) is 32.8 Å². The molecule has 0 atom stereocenters. The Morgan fingerprint density at radius 2 is 1.61 bits per heavy atom. The van der Waals surface area contributed by atoms with Crippen molar-refractivity contribution in [3.8, 4) is 17.2 Å². The van der Waals surface area contributed by atoms with E-state index in [1.54, 1.807) is 73.8 Å². The first kappa shape index (κ1) is 19.9. The zero-order valence-corrected chi connectivity index (χ0v) is 16.6. The lowest BCUT2D eigenvalue weighted by molar-refractivity contribution is 0.251. The molecule has 0 aromatic heterocycles. The number of hydrogen-bond donors (Lipinski definition) is 2. The third kappa shape index (κ3) is 5.31. The van der Waals surface area contributed by atoms with Crippen molar-refractivity contribution in [1.82, 2.24) is 5.32 Å². The molecule has 2 N–H and O–H groups in total. The van der Waals surface area contributed by atoms with Crippen LogP contribution in [0.25, 0.3) is 0 Å². The number of benzene rings is 3. The number of methoxy groups -OCH3 is 1. The molecule has 0 saturated carbocycles. The summed E-state index contributed by atoms with van der Waals surface area (Å²) >= 11 is 12.2. The maximum Gasteiger partial charge on any atom is 0.319 e. The van der Waals surface area contributed by atoms with E-state index in [0.717, 1.165) is 5.75 Å². The fourth-order valence-corrected chi connectivity index (χ4v) is 2.81. The van der Waals surface area contributed by atoms with Crippen LogP contribution in [0.4, 0.5) is 10.5 Å². The summed E-state index contributed by atoms with van der Waals surface area (Å²) in [4.78, 5) is 12.2. The highest BCUT2D eigenvalue weighted by Crippen LogP contribution is 2.31. The summed E-state index contributed by atoms with van der Waals surface area (Å²) in [5.74, 6) is 1.93. The number of hydrogen-bond acceptors (Lipinski definition) is 3. The van der Waals surface area contributed by atoms with Crippen LogP contribution >= 0.6 is 23.2 Å². The van der Waals surface area contributed by atoms with Crippen LogP contribution in [0.15, 0.2) is 66.7 Å². The van der Waals surface area contributed by atoms with Crippen molar-refractivity contribution in [2.24, 2.45) is 0 Å². The Balaban J connectivity index is 1.67. The Morgan fingerprint density at radius 3 is 2.29 bits per heavy atom. The van der Waals surface area contributed by atoms with Crippen LogP contribution in [0.1, 0.15) is 5.56 Å². The molecule has 0 spiro atoms. The average molecular weight is 417 g/mol. The van der Waals surface area contributed by atoms with Gasteiger partial charge < -0.3 is 20.1 Å². The van der Waals surface area contributed by atoms with E-state index < -0.39 is 0 Å². The minimum Gasteiger partial charge on any atom is -0.497 e. The summed E-state index contributed by atoms with van der Waals surface area (Å²) in [5, 5.41) is 6.61. The van der Waals surface area contributed by atoms with Crippen LogP contribution in [-0.2, 0) is 6.54 Å². The van der Waals surface area contributed by atoms with E-state index in [4.69, 9.17) is 32.7 Å². The van der Waals surface area contributed by atoms with E-state index in [2.05, 4.69) is 10.6 Å². The fraction of sp³-hybridized carbons (Fsp3) is 0.0952. The lowest BCUT2D eigenvalue weighted by Gasteiger charge is -2.14. The Hall–Kier alpha value is -2.89. The van der Waals surface area contributed by atoms with Gasteiger partial charge in [-0.05, 0) is 60.7 Å². The lowest BCUT2D eigenvalue weighted by atomic mass is 10.2.